The van der Waals surface area contributed by atoms with E-state index in [2.05, 4.69) is 17.4 Å². The number of amides is 1. The van der Waals surface area contributed by atoms with E-state index in [1.54, 1.807) is 0 Å². The lowest BCUT2D eigenvalue weighted by Crippen LogP contribution is -2.42. The van der Waals surface area contributed by atoms with Crippen molar-refractivity contribution >= 4 is 11.7 Å². The number of rotatable bonds is 6. The molecule has 1 aliphatic rings. The Morgan fingerprint density at radius 3 is 2.88 bits per heavy atom. The van der Waals surface area contributed by atoms with Gasteiger partial charge in [0, 0.05) is 18.4 Å². The van der Waals surface area contributed by atoms with Crippen molar-refractivity contribution < 1.29 is 10.0 Å². The third-order valence-electron chi connectivity index (χ3n) is 3.37. The first kappa shape index (κ1) is 13.8. The smallest absolute Gasteiger partial charge is 0.220 e. The molecule has 5 heteroatoms. The van der Waals surface area contributed by atoms with Gasteiger partial charge in [-0.15, -0.1) is 0 Å². The van der Waals surface area contributed by atoms with Gasteiger partial charge >= 0.3 is 0 Å². The average Bonchev–Trinajstić information content (AvgIpc) is 2.76. The molecule has 1 rings (SSSR count). The fourth-order valence-corrected chi connectivity index (χ4v) is 2.38. The highest BCUT2D eigenvalue weighted by atomic mass is 16.4. The van der Waals surface area contributed by atoms with E-state index in [1.807, 2.05) is 0 Å². The van der Waals surface area contributed by atoms with E-state index in [0.717, 1.165) is 38.5 Å². The second-order valence-electron chi connectivity index (χ2n) is 4.69. The summed E-state index contributed by atoms with van der Waals surface area (Å²) in [4.78, 5) is 11.7. The summed E-state index contributed by atoms with van der Waals surface area (Å²) < 4.78 is 0. The molecule has 2 atom stereocenters. The number of carbonyl (C=O) groups excluding carboxylic acids is 1. The number of hydrogen-bond donors (Lipinski definition) is 3. The maximum atomic E-state index is 11.7. The van der Waals surface area contributed by atoms with Gasteiger partial charge in [0.25, 0.3) is 0 Å². The number of amidine groups is 1. The molecule has 0 aromatic carbocycles. The molecule has 4 N–H and O–H groups in total. The van der Waals surface area contributed by atoms with Crippen molar-refractivity contribution in [1.82, 2.24) is 5.32 Å². The van der Waals surface area contributed by atoms with Gasteiger partial charge in [-0.2, -0.15) is 0 Å². The molecular formula is C12H23N3O2. The molecule has 98 valence electrons. The van der Waals surface area contributed by atoms with Gasteiger partial charge in [-0.25, -0.2) is 0 Å². The van der Waals surface area contributed by atoms with E-state index in [-0.39, 0.29) is 23.7 Å². The molecule has 2 unspecified atom stereocenters. The molecule has 0 bridgehead atoms. The summed E-state index contributed by atoms with van der Waals surface area (Å²) in [5, 5.41) is 14.7. The van der Waals surface area contributed by atoms with Crippen LogP contribution in [0.2, 0.25) is 0 Å². The van der Waals surface area contributed by atoms with Crippen LogP contribution in [0.15, 0.2) is 5.16 Å². The van der Waals surface area contributed by atoms with Gasteiger partial charge in [0.1, 0.15) is 5.84 Å². The van der Waals surface area contributed by atoms with Crippen molar-refractivity contribution in [3.8, 4) is 0 Å². The molecule has 0 saturated heterocycles. The average molecular weight is 241 g/mol. The van der Waals surface area contributed by atoms with Crippen LogP contribution in [-0.2, 0) is 4.79 Å². The topological polar surface area (TPSA) is 87.7 Å². The van der Waals surface area contributed by atoms with Gasteiger partial charge in [-0.05, 0) is 19.3 Å². The summed E-state index contributed by atoms with van der Waals surface area (Å²) in [6.45, 7) is 2.11. The summed E-state index contributed by atoms with van der Waals surface area (Å²) in [5.41, 5.74) is 5.61. The van der Waals surface area contributed by atoms with Crippen LogP contribution in [0.25, 0.3) is 0 Å². The summed E-state index contributed by atoms with van der Waals surface area (Å²) in [5.74, 6) is 0.317. The van der Waals surface area contributed by atoms with E-state index in [0.29, 0.717) is 6.42 Å². The van der Waals surface area contributed by atoms with Crippen molar-refractivity contribution in [2.45, 2.75) is 57.9 Å². The van der Waals surface area contributed by atoms with E-state index >= 15 is 0 Å². The Bertz CT molecular complexity index is 279. The third-order valence-corrected chi connectivity index (χ3v) is 3.37. The fraction of sp³-hybridized carbons (Fsp3) is 0.833. The van der Waals surface area contributed by atoms with Gasteiger partial charge in [-0.3, -0.25) is 4.79 Å². The van der Waals surface area contributed by atoms with Crippen molar-refractivity contribution in [1.29, 1.82) is 0 Å². The minimum atomic E-state index is -0.00451. The Labute approximate surface area is 102 Å². The lowest BCUT2D eigenvalue weighted by Gasteiger charge is -2.19. The summed E-state index contributed by atoms with van der Waals surface area (Å²) in [7, 11) is 0. The van der Waals surface area contributed by atoms with Gasteiger partial charge < -0.3 is 16.3 Å². The van der Waals surface area contributed by atoms with E-state index < -0.39 is 0 Å². The molecule has 0 aromatic rings. The van der Waals surface area contributed by atoms with E-state index in [4.69, 9.17) is 10.9 Å². The minimum Gasteiger partial charge on any atom is -0.409 e. The Balaban J connectivity index is 2.37. The second kappa shape index (κ2) is 7.14. The maximum Gasteiger partial charge on any atom is 0.220 e. The number of nitrogens with one attached hydrogen (secondary N) is 1. The number of nitrogens with two attached hydrogens (primary N) is 1. The molecule has 0 aliphatic heterocycles. The highest BCUT2D eigenvalue weighted by Crippen LogP contribution is 2.25. The van der Waals surface area contributed by atoms with Crippen LogP contribution in [-0.4, -0.2) is 23.0 Å². The molecular weight excluding hydrogens is 218 g/mol. The Hall–Kier alpha value is -1.26. The Kier molecular flexibility index (Phi) is 5.80. The minimum absolute atomic E-state index is 0.00451. The molecule has 1 aliphatic carbocycles. The fourth-order valence-electron chi connectivity index (χ4n) is 2.38. The number of hydrogen-bond acceptors (Lipinski definition) is 3. The lowest BCUT2D eigenvalue weighted by atomic mass is 10.0. The van der Waals surface area contributed by atoms with Crippen LogP contribution in [0.4, 0.5) is 0 Å². The maximum absolute atomic E-state index is 11.7. The molecule has 0 spiro atoms. The normalized spacial score (nSPS) is 24.9. The second-order valence-corrected chi connectivity index (χ2v) is 4.69. The molecule has 0 aromatic heterocycles. The number of oxime groups is 1. The predicted octanol–water partition coefficient (Wildman–Crippen LogP) is 1.60. The molecule has 1 fully saturated rings. The Morgan fingerprint density at radius 2 is 2.24 bits per heavy atom. The van der Waals surface area contributed by atoms with Crippen molar-refractivity contribution in [3.05, 3.63) is 0 Å². The molecule has 17 heavy (non-hydrogen) atoms. The Morgan fingerprint density at radius 1 is 1.47 bits per heavy atom. The van der Waals surface area contributed by atoms with Gasteiger partial charge in [0.05, 0.1) is 0 Å². The first-order chi connectivity index (χ1) is 8.19. The quantitative estimate of drug-likeness (QED) is 0.217. The van der Waals surface area contributed by atoms with Crippen molar-refractivity contribution in [2.75, 3.05) is 0 Å². The number of carbonyl (C=O) groups is 1. The largest absolute Gasteiger partial charge is 0.409 e. The van der Waals surface area contributed by atoms with Crippen LogP contribution in [0.5, 0.6) is 0 Å². The molecule has 0 radical (unpaired) electrons. The first-order valence-corrected chi connectivity index (χ1v) is 6.45. The zero-order chi connectivity index (χ0) is 12.7. The molecule has 1 amide bonds. The van der Waals surface area contributed by atoms with Gasteiger partial charge in [0.15, 0.2) is 0 Å². The summed E-state index contributed by atoms with van der Waals surface area (Å²) in [6, 6.07) is 0.0417. The van der Waals surface area contributed by atoms with Crippen LogP contribution < -0.4 is 11.1 Å². The van der Waals surface area contributed by atoms with Crippen LogP contribution >= 0.6 is 0 Å². The zero-order valence-corrected chi connectivity index (χ0v) is 10.5. The summed E-state index contributed by atoms with van der Waals surface area (Å²) in [6.07, 6.45) is 6.53. The number of unbranched alkanes of at least 4 members (excludes halogenated alkanes) is 2. The van der Waals surface area contributed by atoms with Crippen LogP contribution in [0, 0.1) is 5.92 Å². The third kappa shape index (κ3) is 4.24. The first-order valence-electron chi connectivity index (χ1n) is 6.45. The number of nitrogens with zero attached hydrogens (tertiary/aromatic N) is 1. The van der Waals surface area contributed by atoms with Gasteiger partial charge in [-0.1, -0.05) is 31.3 Å². The van der Waals surface area contributed by atoms with E-state index in [1.165, 1.54) is 0 Å². The molecule has 0 heterocycles. The van der Waals surface area contributed by atoms with Crippen molar-refractivity contribution in [2.24, 2.45) is 16.8 Å². The van der Waals surface area contributed by atoms with Crippen LogP contribution in [0.1, 0.15) is 51.9 Å². The SMILES string of the molecule is CCCCCC(=O)NC1CCCC1/C(N)=N/O. The highest BCUT2D eigenvalue weighted by Gasteiger charge is 2.31. The zero-order valence-electron chi connectivity index (χ0n) is 10.5. The van der Waals surface area contributed by atoms with Gasteiger partial charge in [0.2, 0.25) is 5.91 Å². The summed E-state index contributed by atoms with van der Waals surface area (Å²) >= 11 is 0. The molecule has 5 nitrogen and oxygen atoms in total. The lowest BCUT2D eigenvalue weighted by molar-refractivity contribution is -0.122. The monoisotopic (exact) mass is 241 g/mol. The standard InChI is InChI=1S/C12H23N3O2/c1-2-3-4-8-11(16)14-10-7-5-6-9(10)12(13)15-17/h9-10,17H,2-8H2,1H3,(H2,13,15)(H,14,16). The predicted molar refractivity (Wildman–Crippen MR) is 66.8 cm³/mol. The highest BCUT2D eigenvalue weighted by molar-refractivity contribution is 5.84. The van der Waals surface area contributed by atoms with Crippen molar-refractivity contribution in [3.63, 3.8) is 0 Å². The van der Waals surface area contributed by atoms with Crippen LogP contribution in [0.3, 0.4) is 0 Å². The molecule has 1 saturated carbocycles. The van der Waals surface area contributed by atoms with E-state index in [9.17, 15) is 4.79 Å².